The Morgan fingerprint density at radius 2 is 2.05 bits per heavy atom. The maximum atomic E-state index is 11.1. The van der Waals surface area contributed by atoms with Crippen LogP contribution in [0.15, 0.2) is 0 Å². The molecule has 1 aliphatic heterocycles. The molecule has 6 nitrogen and oxygen atoms in total. The molecule has 1 N–H and O–H groups in total. The number of rotatable bonds is 4. The molecule has 0 unspecified atom stereocenters. The van der Waals surface area contributed by atoms with Gasteiger partial charge in [0.15, 0.2) is 5.82 Å². The summed E-state index contributed by atoms with van der Waals surface area (Å²) in [6, 6.07) is 0. The molecular formula is C13H22N4O2. The van der Waals surface area contributed by atoms with E-state index in [1.54, 1.807) is 11.8 Å². The molecule has 0 radical (unpaired) electrons. The number of ether oxygens (including phenoxy) is 1. The van der Waals surface area contributed by atoms with E-state index in [0.29, 0.717) is 12.4 Å². The molecule has 0 bridgehead atoms. The van der Waals surface area contributed by atoms with Crippen molar-refractivity contribution in [2.45, 2.75) is 32.7 Å². The van der Waals surface area contributed by atoms with Crippen LogP contribution in [0.5, 0.6) is 5.88 Å². The van der Waals surface area contributed by atoms with E-state index in [1.165, 1.54) is 26.2 Å². The zero-order chi connectivity index (χ0) is 13.8. The Kier molecular flexibility index (Phi) is 4.29. The summed E-state index contributed by atoms with van der Waals surface area (Å²) >= 11 is 0. The van der Waals surface area contributed by atoms with Crippen LogP contribution in [-0.2, 0) is 18.4 Å². The highest BCUT2D eigenvalue weighted by Gasteiger charge is 2.23. The zero-order valence-corrected chi connectivity index (χ0v) is 11.9. The number of anilines is 1. The Bertz CT molecular complexity index is 450. The van der Waals surface area contributed by atoms with Gasteiger partial charge in [-0.1, -0.05) is 0 Å². The van der Waals surface area contributed by atoms with Crippen LogP contribution in [0.4, 0.5) is 5.82 Å². The molecule has 0 saturated carbocycles. The van der Waals surface area contributed by atoms with Crippen LogP contribution < -0.4 is 15.0 Å². The molecule has 1 amide bonds. The van der Waals surface area contributed by atoms with Crippen molar-refractivity contribution in [3.63, 3.8) is 0 Å². The third-order valence-corrected chi connectivity index (χ3v) is 3.43. The highest BCUT2D eigenvalue weighted by molar-refractivity contribution is 5.73. The quantitative estimate of drug-likeness (QED) is 0.885. The second-order valence-corrected chi connectivity index (χ2v) is 4.89. The summed E-state index contributed by atoms with van der Waals surface area (Å²) in [5, 5.41) is 7.38. The Balaban J connectivity index is 2.27. The monoisotopic (exact) mass is 266 g/mol. The number of piperidine rings is 1. The molecule has 1 aromatic rings. The van der Waals surface area contributed by atoms with Gasteiger partial charge in [-0.05, 0) is 19.3 Å². The topological polar surface area (TPSA) is 59.4 Å². The molecule has 6 heteroatoms. The van der Waals surface area contributed by atoms with E-state index in [-0.39, 0.29) is 5.91 Å². The molecule has 106 valence electrons. The van der Waals surface area contributed by atoms with Crippen LogP contribution in [0.25, 0.3) is 0 Å². The number of nitrogens with zero attached hydrogens (tertiary/aromatic N) is 3. The summed E-state index contributed by atoms with van der Waals surface area (Å²) in [6.45, 7) is 4.02. The summed E-state index contributed by atoms with van der Waals surface area (Å²) in [5.74, 6) is 1.61. The smallest absolute Gasteiger partial charge is 0.218 e. The van der Waals surface area contributed by atoms with Crippen molar-refractivity contribution in [1.82, 2.24) is 15.1 Å². The van der Waals surface area contributed by atoms with Gasteiger partial charge in [0.25, 0.3) is 0 Å². The largest absolute Gasteiger partial charge is 0.481 e. The van der Waals surface area contributed by atoms with E-state index < -0.39 is 0 Å². The van der Waals surface area contributed by atoms with Gasteiger partial charge < -0.3 is 15.0 Å². The first kappa shape index (κ1) is 13.7. The number of hydrogen-bond donors (Lipinski definition) is 1. The third-order valence-electron chi connectivity index (χ3n) is 3.43. The predicted molar refractivity (Wildman–Crippen MR) is 73.3 cm³/mol. The molecule has 1 saturated heterocycles. The van der Waals surface area contributed by atoms with Crippen molar-refractivity contribution in [2.75, 3.05) is 25.1 Å². The van der Waals surface area contributed by atoms with Gasteiger partial charge in [-0.25, -0.2) is 4.68 Å². The van der Waals surface area contributed by atoms with Crippen molar-refractivity contribution >= 4 is 11.7 Å². The molecule has 0 atom stereocenters. The minimum Gasteiger partial charge on any atom is -0.481 e. The minimum atomic E-state index is -0.0458. The highest BCUT2D eigenvalue weighted by Crippen LogP contribution is 2.30. The number of aryl methyl sites for hydroxylation is 1. The van der Waals surface area contributed by atoms with Gasteiger partial charge in [0, 0.05) is 27.1 Å². The van der Waals surface area contributed by atoms with Crippen molar-refractivity contribution in [1.29, 1.82) is 0 Å². The van der Waals surface area contributed by atoms with Gasteiger partial charge in [-0.2, -0.15) is 5.10 Å². The fraction of sp³-hybridized carbons (Fsp3) is 0.692. The molecule has 19 heavy (non-hydrogen) atoms. The lowest BCUT2D eigenvalue weighted by Gasteiger charge is -2.27. The van der Waals surface area contributed by atoms with Crippen molar-refractivity contribution in [3.8, 4) is 5.88 Å². The van der Waals surface area contributed by atoms with Crippen LogP contribution in [0.3, 0.4) is 0 Å². The number of aromatic nitrogens is 2. The second-order valence-electron chi connectivity index (χ2n) is 4.89. The Morgan fingerprint density at radius 3 is 2.63 bits per heavy atom. The van der Waals surface area contributed by atoms with E-state index in [2.05, 4.69) is 15.3 Å². The Labute approximate surface area is 113 Å². The molecule has 0 aromatic carbocycles. The van der Waals surface area contributed by atoms with Crippen molar-refractivity contribution in [3.05, 3.63) is 5.56 Å². The molecule has 1 fully saturated rings. The first-order valence-corrected chi connectivity index (χ1v) is 6.72. The number of amides is 1. The lowest BCUT2D eigenvalue weighted by Crippen LogP contribution is -2.31. The van der Waals surface area contributed by atoms with Gasteiger partial charge in [-0.15, -0.1) is 0 Å². The first-order valence-electron chi connectivity index (χ1n) is 6.72. The number of methoxy groups -OCH3 is 1. The highest BCUT2D eigenvalue weighted by atomic mass is 16.5. The number of hydrogen-bond acceptors (Lipinski definition) is 4. The fourth-order valence-electron chi connectivity index (χ4n) is 2.52. The van der Waals surface area contributed by atoms with Gasteiger partial charge in [0.05, 0.1) is 19.2 Å². The van der Waals surface area contributed by atoms with E-state index >= 15 is 0 Å². The summed E-state index contributed by atoms with van der Waals surface area (Å²) in [7, 11) is 3.50. The number of nitrogens with one attached hydrogen (secondary N) is 1. The van der Waals surface area contributed by atoms with Gasteiger partial charge >= 0.3 is 0 Å². The van der Waals surface area contributed by atoms with Crippen LogP contribution >= 0.6 is 0 Å². The predicted octanol–water partition coefficient (Wildman–Crippen LogP) is 1.06. The normalized spacial score (nSPS) is 15.4. The molecular weight excluding hydrogens is 244 g/mol. The molecule has 1 aromatic heterocycles. The Hall–Kier alpha value is -1.72. The number of carbonyl (C=O) groups is 1. The number of carbonyl (C=O) groups excluding carboxylic acids is 1. The fourth-order valence-corrected chi connectivity index (χ4v) is 2.52. The molecule has 0 aliphatic carbocycles. The van der Waals surface area contributed by atoms with Gasteiger partial charge in [-0.3, -0.25) is 4.79 Å². The molecule has 0 spiro atoms. The zero-order valence-electron chi connectivity index (χ0n) is 11.9. The SMILES string of the molecule is COc1c(CNC(C)=O)c(N2CCCCC2)nn1C. The van der Waals surface area contributed by atoms with Gasteiger partial charge in [0.1, 0.15) is 0 Å². The summed E-state index contributed by atoms with van der Waals surface area (Å²) < 4.78 is 7.14. The van der Waals surface area contributed by atoms with Gasteiger partial charge in [0.2, 0.25) is 11.8 Å². The second kappa shape index (κ2) is 5.95. The van der Waals surface area contributed by atoms with Crippen molar-refractivity contribution < 1.29 is 9.53 Å². The summed E-state index contributed by atoms with van der Waals surface area (Å²) in [5.41, 5.74) is 0.960. The average Bonchev–Trinajstić information content (AvgIpc) is 2.73. The summed E-state index contributed by atoms with van der Waals surface area (Å²) in [6.07, 6.45) is 3.67. The Morgan fingerprint density at radius 1 is 1.37 bits per heavy atom. The van der Waals surface area contributed by atoms with E-state index in [9.17, 15) is 4.79 Å². The first-order chi connectivity index (χ1) is 9.13. The lowest BCUT2D eigenvalue weighted by molar-refractivity contribution is -0.119. The lowest BCUT2D eigenvalue weighted by atomic mass is 10.1. The average molecular weight is 266 g/mol. The molecule has 1 aliphatic rings. The van der Waals surface area contributed by atoms with Crippen LogP contribution in [-0.4, -0.2) is 35.9 Å². The standard InChI is InChI=1S/C13H22N4O2/c1-10(18)14-9-11-12(15-16(2)13(11)19-3)17-7-5-4-6-8-17/h4-9H2,1-3H3,(H,14,18). The molecule has 2 heterocycles. The molecule has 2 rings (SSSR count). The van der Waals surface area contributed by atoms with E-state index in [0.717, 1.165) is 24.5 Å². The minimum absolute atomic E-state index is 0.0458. The van der Waals surface area contributed by atoms with E-state index in [1.807, 2.05) is 7.05 Å². The maximum absolute atomic E-state index is 11.1. The van der Waals surface area contributed by atoms with E-state index in [4.69, 9.17) is 4.74 Å². The third kappa shape index (κ3) is 3.00. The van der Waals surface area contributed by atoms with Crippen LogP contribution in [0.1, 0.15) is 31.7 Å². The van der Waals surface area contributed by atoms with Crippen LogP contribution in [0, 0.1) is 0 Å². The van der Waals surface area contributed by atoms with Crippen molar-refractivity contribution in [2.24, 2.45) is 7.05 Å². The maximum Gasteiger partial charge on any atom is 0.218 e. The summed E-state index contributed by atoms with van der Waals surface area (Å²) in [4.78, 5) is 13.4. The van der Waals surface area contributed by atoms with Crippen LogP contribution in [0.2, 0.25) is 0 Å².